The standard InChI is InChI=1S/C15H22N2O2/c1-12(2)17(10-13-6-4-3-5-7-13)15(18)16-14-8-9-19-11-14/h3-7,12,14H,8-11H2,1-2H3,(H,16,18). The van der Waals surface area contributed by atoms with E-state index in [-0.39, 0.29) is 18.1 Å². The number of amides is 2. The summed E-state index contributed by atoms with van der Waals surface area (Å²) in [6, 6.07) is 10.4. The van der Waals surface area contributed by atoms with Crippen LogP contribution in [-0.4, -0.2) is 36.2 Å². The number of urea groups is 1. The van der Waals surface area contributed by atoms with Crippen LogP contribution in [0.2, 0.25) is 0 Å². The minimum absolute atomic E-state index is 0.00523. The molecule has 1 fully saturated rings. The summed E-state index contributed by atoms with van der Waals surface area (Å²) in [6.07, 6.45) is 0.906. The second-order valence-corrected chi connectivity index (χ2v) is 5.22. The molecule has 0 aliphatic carbocycles. The van der Waals surface area contributed by atoms with Gasteiger partial charge in [-0.3, -0.25) is 0 Å². The van der Waals surface area contributed by atoms with Crippen molar-refractivity contribution in [3.05, 3.63) is 35.9 Å². The molecule has 1 aromatic carbocycles. The van der Waals surface area contributed by atoms with Gasteiger partial charge in [0.2, 0.25) is 0 Å². The summed E-state index contributed by atoms with van der Waals surface area (Å²) >= 11 is 0. The van der Waals surface area contributed by atoms with Crippen molar-refractivity contribution in [1.29, 1.82) is 0 Å². The quantitative estimate of drug-likeness (QED) is 0.905. The highest BCUT2D eigenvalue weighted by Gasteiger charge is 2.23. The molecule has 2 rings (SSSR count). The number of hydrogen-bond donors (Lipinski definition) is 1. The van der Waals surface area contributed by atoms with E-state index in [2.05, 4.69) is 5.32 Å². The van der Waals surface area contributed by atoms with E-state index in [9.17, 15) is 4.79 Å². The van der Waals surface area contributed by atoms with Gasteiger partial charge in [-0.1, -0.05) is 30.3 Å². The van der Waals surface area contributed by atoms with Crippen LogP contribution in [0.3, 0.4) is 0 Å². The van der Waals surface area contributed by atoms with Gasteiger partial charge in [-0.25, -0.2) is 4.79 Å². The molecule has 2 amide bonds. The lowest BCUT2D eigenvalue weighted by Crippen LogP contribution is -2.47. The molecule has 1 atom stereocenters. The second kappa shape index (κ2) is 6.57. The van der Waals surface area contributed by atoms with Crippen LogP contribution in [-0.2, 0) is 11.3 Å². The van der Waals surface area contributed by atoms with E-state index in [1.165, 1.54) is 0 Å². The summed E-state index contributed by atoms with van der Waals surface area (Å²) in [5.41, 5.74) is 1.15. The van der Waals surface area contributed by atoms with Gasteiger partial charge in [-0.05, 0) is 25.8 Å². The van der Waals surface area contributed by atoms with E-state index in [1.807, 2.05) is 49.1 Å². The van der Waals surface area contributed by atoms with Crippen molar-refractivity contribution in [1.82, 2.24) is 10.2 Å². The molecular formula is C15H22N2O2. The van der Waals surface area contributed by atoms with Gasteiger partial charge in [0.15, 0.2) is 0 Å². The summed E-state index contributed by atoms with van der Waals surface area (Å²) in [7, 11) is 0. The van der Waals surface area contributed by atoms with Crippen molar-refractivity contribution >= 4 is 6.03 Å². The van der Waals surface area contributed by atoms with Gasteiger partial charge < -0.3 is 15.0 Å². The number of nitrogens with zero attached hydrogens (tertiary/aromatic N) is 1. The highest BCUT2D eigenvalue weighted by molar-refractivity contribution is 5.74. The van der Waals surface area contributed by atoms with Crippen molar-refractivity contribution < 1.29 is 9.53 Å². The number of carbonyl (C=O) groups is 1. The van der Waals surface area contributed by atoms with Gasteiger partial charge in [0.25, 0.3) is 0 Å². The van der Waals surface area contributed by atoms with Crippen LogP contribution in [0.25, 0.3) is 0 Å². The molecule has 4 nitrogen and oxygen atoms in total. The first-order chi connectivity index (χ1) is 9.16. The lowest BCUT2D eigenvalue weighted by Gasteiger charge is -2.28. The minimum atomic E-state index is -0.00523. The summed E-state index contributed by atoms with van der Waals surface area (Å²) < 4.78 is 5.28. The summed E-state index contributed by atoms with van der Waals surface area (Å²) in [5, 5.41) is 3.04. The Bertz CT molecular complexity index is 400. The van der Waals surface area contributed by atoms with E-state index in [0.29, 0.717) is 13.2 Å². The largest absolute Gasteiger partial charge is 0.379 e. The molecule has 0 spiro atoms. The van der Waals surface area contributed by atoms with Gasteiger partial charge in [0.05, 0.1) is 12.6 Å². The van der Waals surface area contributed by atoms with Crippen LogP contribution >= 0.6 is 0 Å². The average Bonchev–Trinajstić information content (AvgIpc) is 2.89. The van der Waals surface area contributed by atoms with Gasteiger partial charge in [0.1, 0.15) is 0 Å². The molecule has 104 valence electrons. The second-order valence-electron chi connectivity index (χ2n) is 5.22. The molecule has 1 saturated heterocycles. The Morgan fingerprint density at radius 2 is 2.16 bits per heavy atom. The zero-order valence-electron chi connectivity index (χ0n) is 11.6. The molecule has 1 aliphatic rings. The first-order valence-corrected chi connectivity index (χ1v) is 6.85. The molecule has 1 aliphatic heterocycles. The van der Waals surface area contributed by atoms with E-state index in [0.717, 1.165) is 18.6 Å². The Morgan fingerprint density at radius 1 is 1.42 bits per heavy atom. The molecule has 1 heterocycles. The first-order valence-electron chi connectivity index (χ1n) is 6.85. The van der Waals surface area contributed by atoms with Crippen LogP contribution in [0.4, 0.5) is 4.79 Å². The van der Waals surface area contributed by atoms with Crippen molar-refractivity contribution in [3.8, 4) is 0 Å². The van der Waals surface area contributed by atoms with Crippen molar-refractivity contribution in [2.24, 2.45) is 0 Å². The van der Waals surface area contributed by atoms with Crippen LogP contribution in [0.1, 0.15) is 25.8 Å². The summed E-state index contributed by atoms with van der Waals surface area (Å²) in [5.74, 6) is 0. The van der Waals surface area contributed by atoms with Crippen molar-refractivity contribution in [2.75, 3.05) is 13.2 Å². The summed E-state index contributed by atoms with van der Waals surface area (Å²) in [6.45, 7) is 6.08. The van der Waals surface area contributed by atoms with E-state index < -0.39 is 0 Å². The van der Waals surface area contributed by atoms with Gasteiger partial charge in [0, 0.05) is 19.2 Å². The number of benzene rings is 1. The lowest BCUT2D eigenvalue weighted by atomic mass is 10.2. The number of hydrogen-bond acceptors (Lipinski definition) is 2. The Kier molecular flexibility index (Phi) is 4.80. The SMILES string of the molecule is CC(C)N(Cc1ccccc1)C(=O)NC1CCOC1. The predicted molar refractivity (Wildman–Crippen MR) is 74.9 cm³/mol. The Labute approximate surface area is 114 Å². The molecule has 0 bridgehead atoms. The van der Waals surface area contributed by atoms with E-state index >= 15 is 0 Å². The fourth-order valence-corrected chi connectivity index (χ4v) is 2.17. The molecule has 0 radical (unpaired) electrons. The van der Waals surface area contributed by atoms with Gasteiger partial charge in [-0.15, -0.1) is 0 Å². The highest BCUT2D eigenvalue weighted by Crippen LogP contribution is 2.10. The zero-order valence-corrected chi connectivity index (χ0v) is 11.6. The predicted octanol–water partition coefficient (Wildman–Crippen LogP) is 2.40. The van der Waals surface area contributed by atoms with Crippen molar-refractivity contribution in [2.45, 2.75) is 38.9 Å². The third-order valence-corrected chi connectivity index (χ3v) is 3.34. The zero-order chi connectivity index (χ0) is 13.7. The normalized spacial score (nSPS) is 18.6. The maximum absolute atomic E-state index is 12.3. The number of nitrogens with one attached hydrogen (secondary N) is 1. The summed E-state index contributed by atoms with van der Waals surface area (Å²) in [4.78, 5) is 14.2. The topological polar surface area (TPSA) is 41.6 Å². The fraction of sp³-hybridized carbons (Fsp3) is 0.533. The first kappa shape index (κ1) is 13.9. The molecule has 1 aromatic rings. The number of rotatable bonds is 4. The van der Waals surface area contributed by atoms with Crippen LogP contribution in [0.5, 0.6) is 0 Å². The molecule has 0 saturated carbocycles. The molecule has 1 unspecified atom stereocenters. The highest BCUT2D eigenvalue weighted by atomic mass is 16.5. The fourth-order valence-electron chi connectivity index (χ4n) is 2.17. The maximum Gasteiger partial charge on any atom is 0.318 e. The lowest BCUT2D eigenvalue weighted by molar-refractivity contribution is 0.167. The Hall–Kier alpha value is -1.55. The minimum Gasteiger partial charge on any atom is -0.379 e. The number of carbonyl (C=O) groups excluding carboxylic acids is 1. The number of ether oxygens (including phenoxy) is 1. The van der Waals surface area contributed by atoms with Crippen molar-refractivity contribution in [3.63, 3.8) is 0 Å². The average molecular weight is 262 g/mol. The maximum atomic E-state index is 12.3. The van der Waals surface area contributed by atoms with Crippen LogP contribution in [0.15, 0.2) is 30.3 Å². The van der Waals surface area contributed by atoms with Crippen LogP contribution in [0, 0.1) is 0 Å². The van der Waals surface area contributed by atoms with Gasteiger partial charge in [-0.2, -0.15) is 0 Å². The smallest absolute Gasteiger partial charge is 0.318 e. The molecule has 0 aromatic heterocycles. The molecule has 19 heavy (non-hydrogen) atoms. The van der Waals surface area contributed by atoms with E-state index in [1.54, 1.807) is 0 Å². The van der Waals surface area contributed by atoms with Crippen LogP contribution < -0.4 is 5.32 Å². The van der Waals surface area contributed by atoms with E-state index in [4.69, 9.17) is 4.74 Å². The Balaban J connectivity index is 1.96. The third-order valence-electron chi connectivity index (χ3n) is 3.34. The monoisotopic (exact) mass is 262 g/mol. The molecule has 4 heteroatoms. The molecular weight excluding hydrogens is 240 g/mol. The van der Waals surface area contributed by atoms with Gasteiger partial charge >= 0.3 is 6.03 Å². The third kappa shape index (κ3) is 3.96. The Morgan fingerprint density at radius 3 is 2.74 bits per heavy atom. The molecule has 1 N–H and O–H groups in total.